The smallest absolute Gasteiger partial charge is 0.222 e. The van der Waals surface area contributed by atoms with Gasteiger partial charge >= 0.3 is 0 Å². The van der Waals surface area contributed by atoms with Crippen LogP contribution >= 0.6 is 0 Å². The van der Waals surface area contributed by atoms with Gasteiger partial charge in [0.1, 0.15) is 11.9 Å². The number of aromatic nitrogens is 3. The Morgan fingerprint density at radius 3 is 2.76 bits per heavy atom. The molecular weight excluding hydrogens is 412 g/mol. The first-order valence-electron chi connectivity index (χ1n) is 11.6. The van der Waals surface area contributed by atoms with E-state index in [1.54, 1.807) is 6.20 Å². The highest BCUT2D eigenvalue weighted by Gasteiger charge is 2.66. The largest absolute Gasteiger partial charge is 0.473 e. The van der Waals surface area contributed by atoms with Gasteiger partial charge in [-0.1, -0.05) is 24.3 Å². The molecule has 2 fully saturated rings. The first kappa shape index (κ1) is 18.9. The van der Waals surface area contributed by atoms with E-state index in [-0.39, 0.29) is 17.6 Å². The lowest BCUT2D eigenvalue weighted by molar-refractivity contribution is 0.0487. The third-order valence-corrected chi connectivity index (χ3v) is 7.71. The first-order valence-corrected chi connectivity index (χ1v) is 11.6. The van der Waals surface area contributed by atoms with Crippen molar-refractivity contribution in [2.75, 3.05) is 11.1 Å². The van der Waals surface area contributed by atoms with Crippen molar-refractivity contribution in [3.63, 3.8) is 0 Å². The van der Waals surface area contributed by atoms with Crippen LogP contribution in [-0.4, -0.2) is 26.7 Å². The van der Waals surface area contributed by atoms with Gasteiger partial charge in [0, 0.05) is 34.8 Å². The summed E-state index contributed by atoms with van der Waals surface area (Å²) in [4.78, 5) is 4.82. The second kappa shape index (κ2) is 6.71. The van der Waals surface area contributed by atoms with Crippen LogP contribution in [0.25, 0.3) is 16.8 Å². The average molecular weight is 439 g/mol. The highest BCUT2D eigenvalue weighted by atomic mass is 16.5. The number of nitrogens with zero attached hydrogens (tertiary/aromatic N) is 3. The number of nitrogen functional groups attached to an aromatic ring is 1. The summed E-state index contributed by atoms with van der Waals surface area (Å²) < 4.78 is 8.41. The molecule has 2 unspecified atom stereocenters. The highest BCUT2D eigenvalue weighted by molar-refractivity contribution is 5.72. The van der Waals surface area contributed by atoms with E-state index >= 15 is 0 Å². The molecule has 3 aliphatic rings. The number of fused-ring (bicyclic) bond motifs is 3. The average Bonchev–Trinajstić information content (AvgIpc) is 3.32. The predicted octanol–water partition coefficient (Wildman–Crippen LogP) is 4.47. The Morgan fingerprint density at radius 1 is 1.03 bits per heavy atom. The molecule has 4 aromatic rings. The molecule has 5 N–H and O–H groups in total. The summed E-state index contributed by atoms with van der Waals surface area (Å²) in [5.74, 6) is 2.10. The maximum absolute atomic E-state index is 6.51. The van der Waals surface area contributed by atoms with E-state index in [1.165, 1.54) is 0 Å². The van der Waals surface area contributed by atoms with Crippen molar-refractivity contribution in [2.45, 2.75) is 43.7 Å². The third kappa shape index (κ3) is 2.85. The van der Waals surface area contributed by atoms with E-state index in [2.05, 4.69) is 40.7 Å². The number of anilines is 3. The predicted molar refractivity (Wildman–Crippen MR) is 129 cm³/mol. The van der Waals surface area contributed by atoms with Gasteiger partial charge in [0.05, 0.1) is 11.8 Å². The lowest BCUT2D eigenvalue weighted by Crippen LogP contribution is -2.43. The molecule has 2 aromatic heterocycles. The zero-order valence-corrected chi connectivity index (χ0v) is 18.2. The summed E-state index contributed by atoms with van der Waals surface area (Å²) in [6.45, 7) is 0. The molecule has 0 bridgehead atoms. The van der Waals surface area contributed by atoms with Crippen molar-refractivity contribution >= 4 is 22.8 Å². The Kier molecular flexibility index (Phi) is 3.85. The lowest BCUT2D eigenvalue weighted by atomic mass is 9.77. The summed E-state index contributed by atoms with van der Waals surface area (Å²) in [6, 6.07) is 18.5. The van der Waals surface area contributed by atoms with Crippen LogP contribution in [0.4, 0.5) is 17.2 Å². The molecule has 7 heteroatoms. The first-order chi connectivity index (χ1) is 16.1. The summed E-state index contributed by atoms with van der Waals surface area (Å²) in [7, 11) is 0. The van der Waals surface area contributed by atoms with Crippen LogP contribution in [0.1, 0.15) is 37.2 Å². The molecule has 0 radical (unpaired) electrons. The lowest BCUT2D eigenvalue weighted by Gasteiger charge is -2.39. The monoisotopic (exact) mass is 438 g/mol. The molecule has 0 saturated heterocycles. The molecule has 2 aromatic carbocycles. The fraction of sp³-hybridized carbons (Fsp3) is 0.308. The maximum atomic E-state index is 6.51. The second-order valence-corrected chi connectivity index (χ2v) is 9.75. The van der Waals surface area contributed by atoms with Crippen molar-refractivity contribution in [1.29, 1.82) is 0 Å². The summed E-state index contributed by atoms with van der Waals surface area (Å²) >= 11 is 0. The van der Waals surface area contributed by atoms with Gasteiger partial charge in [-0.2, -0.15) is 14.6 Å². The molecule has 4 atom stereocenters. The van der Waals surface area contributed by atoms with Crippen molar-refractivity contribution in [1.82, 2.24) is 14.6 Å². The number of nitrogens with one attached hydrogen (secondary N) is 1. The molecule has 7 nitrogen and oxygen atoms in total. The van der Waals surface area contributed by atoms with Gasteiger partial charge < -0.3 is 21.5 Å². The quantitative estimate of drug-likeness (QED) is 0.408. The number of hydrogen-bond donors (Lipinski definition) is 3. The molecule has 2 aliphatic carbocycles. The minimum atomic E-state index is 0.153. The standard InChI is InChI=1S/C26H26N6O/c27-17-3-1-2-16(12-17)15-4-7-19(8-5-15)30-24-23-20-14-26(20)13-18(28)6-9-21(26)33-25(23)31-22-10-11-29-32(22)24/h1-5,7-8,10-12,18,20-21,30H,6,9,13-14,27-28H2/t18-,20?,21-,26?/m1/s1. The van der Waals surface area contributed by atoms with Crippen molar-refractivity contribution in [3.05, 3.63) is 66.4 Å². The SMILES string of the molecule is Nc1cccc(-c2ccc(Nc3c4c(nc5ccnn35)O[C@@H]3CC[C@@H](N)CC35CC45)cc2)c1. The summed E-state index contributed by atoms with van der Waals surface area (Å²) in [5.41, 5.74) is 18.4. The minimum absolute atomic E-state index is 0.153. The Labute approximate surface area is 191 Å². The molecule has 7 rings (SSSR count). The molecule has 33 heavy (non-hydrogen) atoms. The van der Waals surface area contributed by atoms with E-state index in [1.807, 2.05) is 28.8 Å². The highest BCUT2D eigenvalue weighted by Crippen LogP contribution is 2.71. The molecule has 3 heterocycles. The van der Waals surface area contributed by atoms with E-state index < -0.39 is 0 Å². The van der Waals surface area contributed by atoms with Crippen LogP contribution in [0.5, 0.6) is 5.88 Å². The molecular formula is C26H26N6O. The van der Waals surface area contributed by atoms with Crippen LogP contribution in [0.15, 0.2) is 60.8 Å². The van der Waals surface area contributed by atoms with Crippen LogP contribution in [0.3, 0.4) is 0 Å². The van der Waals surface area contributed by atoms with Crippen molar-refractivity contribution in [2.24, 2.45) is 11.1 Å². The number of nitrogens with two attached hydrogens (primary N) is 2. The van der Waals surface area contributed by atoms with Crippen LogP contribution in [-0.2, 0) is 0 Å². The Hall–Kier alpha value is -3.58. The van der Waals surface area contributed by atoms with E-state index in [9.17, 15) is 0 Å². The number of hydrogen-bond acceptors (Lipinski definition) is 6. The van der Waals surface area contributed by atoms with E-state index in [0.29, 0.717) is 5.92 Å². The summed E-state index contributed by atoms with van der Waals surface area (Å²) in [6.07, 6.45) is 6.17. The molecule has 1 spiro atoms. The van der Waals surface area contributed by atoms with Crippen LogP contribution < -0.4 is 21.5 Å². The molecule has 0 amide bonds. The minimum Gasteiger partial charge on any atom is -0.473 e. The summed E-state index contributed by atoms with van der Waals surface area (Å²) in [5, 5.41) is 8.20. The normalized spacial score (nSPS) is 27.2. The second-order valence-electron chi connectivity index (χ2n) is 9.75. The Bertz CT molecular complexity index is 1380. The van der Waals surface area contributed by atoms with Gasteiger partial charge in [0.25, 0.3) is 0 Å². The van der Waals surface area contributed by atoms with Crippen LogP contribution in [0, 0.1) is 5.41 Å². The number of rotatable bonds is 3. The number of benzene rings is 2. The zero-order valence-electron chi connectivity index (χ0n) is 18.2. The van der Waals surface area contributed by atoms with Gasteiger partial charge in [-0.15, -0.1) is 0 Å². The third-order valence-electron chi connectivity index (χ3n) is 7.71. The topological polar surface area (TPSA) is 103 Å². The zero-order chi connectivity index (χ0) is 22.2. The van der Waals surface area contributed by atoms with Gasteiger partial charge in [0.15, 0.2) is 5.65 Å². The molecule has 1 aliphatic heterocycles. The van der Waals surface area contributed by atoms with Crippen molar-refractivity contribution < 1.29 is 4.74 Å². The van der Waals surface area contributed by atoms with E-state index in [0.717, 1.165) is 71.1 Å². The van der Waals surface area contributed by atoms with Crippen LogP contribution in [0.2, 0.25) is 0 Å². The van der Waals surface area contributed by atoms with Gasteiger partial charge in [-0.05, 0) is 61.1 Å². The Balaban J connectivity index is 1.28. The van der Waals surface area contributed by atoms with Gasteiger partial charge in [0.2, 0.25) is 5.88 Å². The fourth-order valence-corrected chi connectivity index (χ4v) is 6.04. The number of ether oxygens (including phenoxy) is 1. The van der Waals surface area contributed by atoms with Crippen molar-refractivity contribution in [3.8, 4) is 17.0 Å². The maximum Gasteiger partial charge on any atom is 0.222 e. The molecule has 166 valence electrons. The fourth-order valence-electron chi connectivity index (χ4n) is 6.04. The van der Waals surface area contributed by atoms with Gasteiger partial charge in [-0.3, -0.25) is 0 Å². The van der Waals surface area contributed by atoms with E-state index in [4.69, 9.17) is 21.2 Å². The Morgan fingerprint density at radius 2 is 1.91 bits per heavy atom. The molecule has 2 saturated carbocycles. The van der Waals surface area contributed by atoms with Gasteiger partial charge in [-0.25, -0.2) is 0 Å².